The molecule has 2 rings (SSSR count). The van der Waals surface area contributed by atoms with Gasteiger partial charge in [0.25, 0.3) is 5.91 Å². The molecule has 1 aromatic rings. The monoisotopic (exact) mass is 248 g/mol. The summed E-state index contributed by atoms with van der Waals surface area (Å²) in [4.78, 5) is 33.1. The van der Waals surface area contributed by atoms with Crippen LogP contribution in [0, 0.1) is 0 Å². The molecule has 1 unspecified atom stereocenters. The number of aromatic nitrogens is 2. The highest BCUT2D eigenvalue weighted by Crippen LogP contribution is 2.14. The van der Waals surface area contributed by atoms with Crippen LogP contribution in [0.5, 0.6) is 0 Å². The lowest BCUT2D eigenvalue weighted by Gasteiger charge is -2.21. The van der Waals surface area contributed by atoms with Crippen LogP contribution in [0.3, 0.4) is 0 Å². The summed E-state index contributed by atoms with van der Waals surface area (Å²) < 4.78 is 0. The standard InChI is InChI=1S/C12H16N4O2/c1-8(2)16-7-9(5-11(16)17)15-12(18)10-6-13-3-4-14-10/h3-4,6,8-9H,5,7H2,1-2H3,(H,15,18). The van der Waals surface area contributed by atoms with E-state index in [1.54, 1.807) is 4.90 Å². The van der Waals surface area contributed by atoms with Crippen molar-refractivity contribution in [2.75, 3.05) is 6.54 Å². The van der Waals surface area contributed by atoms with Gasteiger partial charge < -0.3 is 10.2 Å². The quantitative estimate of drug-likeness (QED) is 0.830. The second-order valence-corrected chi connectivity index (χ2v) is 4.61. The molecule has 1 saturated heterocycles. The molecule has 0 aliphatic carbocycles. The van der Waals surface area contributed by atoms with E-state index in [0.717, 1.165) is 0 Å². The van der Waals surface area contributed by atoms with E-state index in [4.69, 9.17) is 0 Å². The lowest BCUT2D eigenvalue weighted by atomic mass is 10.2. The van der Waals surface area contributed by atoms with Gasteiger partial charge in [-0.3, -0.25) is 14.6 Å². The summed E-state index contributed by atoms with van der Waals surface area (Å²) in [5.41, 5.74) is 0.271. The Bertz CT molecular complexity index is 447. The van der Waals surface area contributed by atoms with Crippen LogP contribution in [0.25, 0.3) is 0 Å². The van der Waals surface area contributed by atoms with Crippen molar-refractivity contribution in [2.24, 2.45) is 0 Å². The summed E-state index contributed by atoms with van der Waals surface area (Å²) in [6, 6.07) is 0.0188. The lowest BCUT2D eigenvalue weighted by Crippen LogP contribution is -2.39. The van der Waals surface area contributed by atoms with Crippen molar-refractivity contribution in [2.45, 2.75) is 32.4 Å². The molecule has 0 saturated carbocycles. The third kappa shape index (κ3) is 2.64. The maximum atomic E-state index is 11.8. The van der Waals surface area contributed by atoms with Crippen LogP contribution in [0.4, 0.5) is 0 Å². The third-order valence-corrected chi connectivity index (χ3v) is 2.91. The van der Waals surface area contributed by atoms with Gasteiger partial charge in [-0.15, -0.1) is 0 Å². The highest BCUT2D eigenvalue weighted by Gasteiger charge is 2.32. The zero-order chi connectivity index (χ0) is 13.1. The Morgan fingerprint density at radius 1 is 1.50 bits per heavy atom. The van der Waals surface area contributed by atoms with Crippen molar-refractivity contribution in [3.05, 3.63) is 24.3 Å². The summed E-state index contributed by atoms with van der Waals surface area (Å²) >= 11 is 0. The first-order valence-corrected chi connectivity index (χ1v) is 5.94. The molecule has 1 aromatic heterocycles. The minimum atomic E-state index is -0.286. The maximum absolute atomic E-state index is 11.8. The van der Waals surface area contributed by atoms with Gasteiger partial charge in [0.2, 0.25) is 5.91 Å². The number of nitrogens with one attached hydrogen (secondary N) is 1. The zero-order valence-electron chi connectivity index (χ0n) is 10.5. The molecule has 96 valence electrons. The SMILES string of the molecule is CC(C)N1CC(NC(=O)c2cnccn2)CC1=O. The normalized spacial score (nSPS) is 19.4. The van der Waals surface area contributed by atoms with E-state index >= 15 is 0 Å². The third-order valence-electron chi connectivity index (χ3n) is 2.91. The van der Waals surface area contributed by atoms with E-state index in [-0.39, 0.29) is 29.6 Å². The van der Waals surface area contributed by atoms with E-state index in [1.165, 1.54) is 18.6 Å². The largest absolute Gasteiger partial charge is 0.346 e. The van der Waals surface area contributed by atoms with Crippen LogP contribution in [-0.4, -0.2) is 45.3 Å². The van der Waals surface area contributed by atoms with Crippen LogP contribution in [-0.2, 0) is 4.79 Å². The van der Waals surface area contributed by atoms with Crippen LogP contribution in [0.1, 0.15) is 30.8 Å². The second kappa shape index (κ2) is 5.12. The Morgan fingerprint density at radius 2 is 2.28 bits per heavy atom. The van der Waals surface area contributed by atoms with Crippen molar-refractivity contribution >= 4 is 11.8 Å². The molecule has 1 aliphatic rings. The van der Waals surface area contributed by atoms with Crippen LogP contribution < -0.4 is 5.32 Å². The predicted octanol–water partition coefficient (Wildman–Crippen LogP) is 0.216. The summed E-state index contributed by atoms with van der Waals surface area (Å²) in [5.74, 6) is -0.207. The number of carbonyl (C=O) groups is 2. The molecule has 0 radical (unpaired) electrons. The van der Waals surface area contributed by atoms with Crippen molar-refractivity contribution < 1.29 is 9.59 Å². The second-order valence-electron chi connectivity index (χ2n) is 4.61. The molecule has 0 aromatic carbocycles. The van der Waals surface area contributed by atoms with Gasteiger partial charge in [0, 0.05) is 31.4 Å². The van der Waals surface area contributed by atoms with Crippen LogP contribution in [0.2, 0.25) is 0 Å². The van der Waals surface area contributed by atoms with Crippen LogP contribution in [0.15, 0.2) is 18.6 Å². The highest BCUT2D eigenvalue weighted by molar-refractivity contribution is 5.93. The molecule has 1 aliphatic heterocycles. The number of amides is 2. The fourth-order valence-corrected chi connectivity index (χ4v) is 2.00. The van der Waals surface area contributed by atoms with Crippen molar-refractivity contribution in [1.29, 1.82) is 0 Å². The molecule has 0 spiro atoms. The molecule has 18 heavy (non-hydrogen) atoms. The van der Waals surface area contributed by atoms with Gasteiger partial charge in [0.15, 0.2) is 0 Å². The number of hydrogen-bond acceptors (Lipinski definition) is 4. The fourth-order valence-electron chi connectivity index (χ4n) is 2.00. The molecule has 0 bridgehead atoms. The topological polar surface area (TPSA) is 75.2 Å². The Kier molecular flexibility index (Phi) is 3.55. The molecule has 1 fully saturated rings. The first kappa shape index (κ1) is 12.5. The van der Waals surface area contributed by atoms with Crippen molar-refractivity contribution in [3.63, 3.8) is 0 Å². The van der Waals surface area contributed by atoms with Gasteiger partial charge >= 0.3 is 0 Å². The van der Waals surface area contributed by atoms with Gasteiger partial charge in [0.05, 0.1) is 12.2 Å². The Labute approximate surface area is 105 Å². The molecule has 1 N–H and O–H groups in total. The Morgan fingerprint density at radius 3 is 2.83 bits per heavy atom. The van der Waals surface area contributed by atoms with Crippen molar-refractivity contribution in [3.8, 4) is 0 Å². The smallest absolute Gasteiger partial charge is 0.271 e. The van der Waals surface area contributed by atoms with E-state index in [1.807, 2.05) is 13.8 Å². The first-order chi connectivity index (χ1) is 8.58. The summed E-state index contributed by atoms with van der Waals surface area (Å²) in [6.45, 7) is 4.48. The van der Waals surface area contributed by atoms with Gasteiger partial charge in [-0.1, -0.05) is 0 Å². The molecule has 2 heterocycles. The number of carbonyl (C=O) groups excluding carboxylic acids is 2. The van der Waals surface area contributed by atoms with Gasteiger partial charge in [-0.2, -0.15) is 0 Å². The summed E-state index contributed by atoms with van der Waals surface area (Å²) in [7, 11) is 0. The average molecular weight is 248 g/mol. The number of hydrogen-bond donors (Lipinski definition) is 1. The minimum absolute atomic E-state index is 0.0782. The number of rotatable bonds is 3. The number of likely N-dealkylation sites (tertiary alicyclic amines) is 1. The predicted molar refractivity (Wildman–Crippen MR) is 64.8 cm³/mol. The lowest BCUT2D eigenvalue weighted by molar-refractivity contribution is -0.129. The average Bonchev–Trinajstić information content (AvgIpc) is 2.71. The van der Waals surface area contributed by atoms with E-state index in [9.17, 15) is 9.59 Å². The molecule has 6 heteroatoms. The number of nitrogens with zero attached hydrogens (tertiary/aromatic N) is 3. The minimum Gasteiger partial charge on any atom is -0.346 e. The molecule has 2 amide bonds. The highest BCUT2D eigenvalue weighted by atomic mass is 16.2. The van der Waals surface area contributed by atoms with Crippen molar-refractivity contribution in [1.82, 2.24) is 20.2 Å². The molecular formula is C12H16N4O2. The van der Waals surface area contributed by atoms with E-state index < -0.39 is 0 Å². The molecule has 6 nitrogen and oxygen atoms in total. The Hall–Kier alpha value is -1.98. The summed E-state index contributed by atoms with van der Waals surface area (Å²) in [5, 5.41) is 2.81. The molecular weight excluding hydrogens is 232 g/mol. The molecule has 1 atom stereocenters. The van der Waals surface area contributed by atoms with Gasteiger partial charge in [0.1, 0.15) is 5.69 Å². The van der Waals surface area contributed by atoms with E-state index in [2.05, 4.69) is 15.3 Å². The Balaban J connectivity index is 1.96. The summed E-state index contributed by atoms with van der Waals surface area (Å²) in [6.07, 6.45) is 4.74. The first-order valence-electron chi connectivity index (χ1n) is 5.94. The fraction of sp³-hybridized carbons (Fsp3) is 0.500. The van der Waals surface area contributed by atoms with Gasteiger partial charge in [-0.25, -0.2) is 4.98 Å². The zero-order valence-corrected chi connectivity index (χ0v) is 10.5. The van der Waals surface area contributed by atoms with Crippen LogP contribution >= 0.6 is 0 Å². The van der Waals surface area contributed by atoms with Gasteiger partial charge in [-0.05, 0) is 13.8 Å². The maximum Gasteiger partial charge on any atom is 0.271 e. The van der Waals surface area contributed by atoms with E-state index in [0.29, 0.717) is 13.0 Å².